The van der Waals surface area contributed by atoms with E-state index in [1.54, 1.807) is 25.1 Å². The van der Waals surface area contributed by atoms with Crippen molar-refractivity contribution in [3.05, 3.63) is 53.6 Å². The lowest BCUT2D eigenvalue weighted by Gasteiger charge is -2.09. The van der Waals surface area contributed by atoms with Crippen molar-refractivity contribution in [2.24, 2.45) is 0 Å². The second-order valence-electron chi connectivity index (χ2n) is 4.30. The fraction of sp³-hybridized carbons (Fsp3) is 0.133. The van der Waals surface area contributed by atoms with Crippen LogP contribution in [0.4, 0.5) is 10.1 Å². The van der Waals surface area contributed by atoms with Crippen molar-refractivity contribution in [1.82, 2.24) is 4.98 Å². The number of ether oxygens (including phenoxy) is 1. The summed E-state index contributed by atoms with van der Waals surface area (Å²) in [5.74, 6) is -0.678. The third-order valence-electron chi connectivity index (χ3n) is 2.60. The molecule has 21 heavy (non-hydrogen) atoms. The van der Waals surface area contributed by atoms with Crippen LogP contribution in [0.2, 0.25) is 0 Å². The van der Waals surface area contributed by atoms with Crippen LogP contribution in [0.1, 0.15) is 16.2 Å². The minimum Gasteiger partial charge on any atom is -0.481 e. The number of carbonyl (C=O) groups excluding carboxylic acids is 2. The minimum absolute atomic E-state index is 0.133. The van der Waals surface area contributed by atoms with E-state index < -0.39 is 11.7 Å². The molecule has 0 fully saturated rings. The van der Waals surface area contributed by atoms with Crippen LogP contribution >= 0.6 is 0 Å². The van der Waals surface area contributed by atoms with E-state index in [1.807, 2.05) is 0 Å². The minimum atomic E-state index is -0.460. The van der Waals surface area contributed by atoms with Gasteiger partial charge in [-0.2, -0.15) is 0 Å². The predicted octanol–water partition coefficient (Wildman–Crippen LogP) is 2.36. The highest BCUT2D eigenvalue weighted by Crippen LogP contribution is 2.15. The maximum atomic E-state index is 13.0. The van der Waals surface area contributed by atoms with Crippen LogP contribution in [0, 0.1) is 12.7 Å². The zero-order chi connectivity index (χ0) is 15.2. The molecule has 2 rings (SSSR count). The molecule has 0 radical (unpaired) electrons. The van der Waals surface area contributed by atoms with Gasteiger partial charge in [0.2, 0.25) is 0 Å². The summed E-state index contributed by atoms with van der Waals surface area (Å²) >= 11 is 0. The number of rotatable bonds is 5. The Labute approximate surface area is 120 Å². The van der Waals surface area contributed by atoms with Crippen LogP contribution in [0.3, 0.4) is 0 Å². The Balaban J connectivity index is 1.97. The molecule has 0 aliphatic carbocycles. The topological polar surface area (TPSA) is 68.3 Å². The van der Waals surface area contributed by atoms with Gasteiger partial charge < -0.3 is 10.1 Å². The molecule has 5 nitrogen and oxygen atoms in total. The lowest BCUT2D eigenvalue weighted by atomic mass is 10.3. The maximum Gasteiger partial charge on any atom is 0.262 e. The third-order valence-corrected chi connectivity index (χ3v) is 2.60. The van der Waals surface area contributed by atoms with Gasteiger partial charge in [-0.05, 0) is 37.3 Å². The first-order valence-corrected chi connectivity index (χ1v) is 6.19. The van der Waals surface area contributed by atoms with E-state index in [4.69, 9.17) is 4.74 Å². The molecule has 1 aromatic heterocycles. The van der Waals surface area contributed by atoms with E-state index in [0.29, 0.717) is 17.7 Å². The van der Waals surface area contributed by atoms with Gasteiger partial charge in [0, 0.05) is 11.4 Å². The van der Waals surface area contributed by atoms with Crippen molar-refractivity contribution >= 4 is 17.9 Å². The van der Waals surface area contributed by atoms with Crippen LogP contribution in [0.5, 0.6) is 5.75 Å². The number of nitrogens with one attached hydrogen (secondary N) is 1. The summed E-state index contributed by atoms with van der Waals surface area (Å²) in [7, 11) is 0. The standard InChI is InChI=1S/C15H13FN2O3/c1-10-5-6-14(13(8-19)17-10)21-9-15(20)18-12-4-2-3-11(16)7-12/h2-8H,9H2,1H3,(H,18,20). The molecule has 108 valence electrons. The van der Waals surface area contributed by atoms with E-state index in [-0.39, 0.29) is 18.1 Å². The molecule has 0 bridgehead atoms. The number of aldehydes is 1. The zero-order valence-corrected chi connectivity index (χ0v) is 11.3. The fourth-order valence-electron chi connectivity index (χ4n) is 1.68. The molecular weight excluding hydrogens is 275 g/mol. The van der Waals surface area contributed by atoms with Crippen molar-refractivity contribution in [3.8, 4) is 5.75 Å². The number of hydrogen-bond acceptors (Lipinski definition) is 4. The molecule has 1 aromatic carbocycles. The second kappa shape index (κ2) is 6.60. The highest BCUT2D eigenvalue weighted by molar-refractivity contribution is 5.92. The number of aryl methyl sites for hydroxylation is 1. The van der Waals surface area contributed by atoms with E-state index in [1.165, 1.54) is 18.2 Å². The normalized spacial score (nSPS) is 10.0. The number of amides is 1. The van der Waals surface area contributed by atoms with Crippen molar-refractivity contribution in [3.63, 3.8) is 0 Å². The smallest absolute Gasteiger partial charge is 0.262 e. The number of nitrogens with zero attached hydrogens (tertiary/aromatic N) is 1. The molecule has 0 aliphatic heterocycles. The molecule has 0 saturated heterocycles. The van der Waals surface area contributed by atoms with Crippen molar-refractivity contribution < 1.29 is 18.7 Å². The lowest BCUT2D eigenvalue weighted by Crippen LogP contribution is -2.20. The van der Waals surface area contributed by atoms with Crippen LogP contribution < -0.4 is 10.1 Å². The summed E-state index contributed by atoms with van der Waals surface area (Å²) in [4.78, 5) is 26.6. The van der Waals surface area contributed by atoms with Gasteiger partial charge in [-0.15, -0.1) is 0 Å². The molecule has 6 heteroatoms. The highest BCUT2D eigenvalue weighted by Gasteiger charge is 2.08. The van der Waals surface area contributed by atoms with Crippen LogP contribution in [-0.2, 0) is 4.79 Å². The zero-order valence-electron chi connectivity index (χ0n) is 11.3. The number of anilines is 1. The number of halogens is 1. The molecule has 0 unspecified atom stereocenters. The van der Waals surface area contributed by atoms with Crippen molar-refractivity contribution in [1.29, 1.82) is 0 Å². The largest absolute Gasteiger partial charge is 0.481 e. The van der Waals surface area contributed by atoms with Gasteiger partial charge in [0.05, 0.1) is 0 Å². The van der Waals surface area contributed by atoms with Crippen LogP contribution in [0.25, 0.3) is 0 Å². The summed E-state index contributed by atoms with van der Waals surface area (Å²) in [5, 5.41) is 2.49. The van der Waals surface area contributed by atoms with Gasteiger partial charge in [-0.3, -0.25) is 9.59 Å². The summed E-state index contributed by atoms with van der Waals surface area (Å²) in [6.45, 7) is 1.44. The van der Waals surface area contributed by atoms with Gasteiger partial charge in [-0.1, -0.05) is 6.07 Å². The molecule has 2 aromatic rings. The van der Waals surface area contributed by atoms with E-state index in [9.17, 15) is 14.0 Å². The van der Waals surface area contributed by atoms with Gasteiger partial charge in [0.1, 0.15) is 17.3 Å². The second-order valence-corrected chi connectivity index (χ2v) is 4.30. The monoisotopic (exact) mass is 288 g/mol. The van der Waals surface area contributed by atoms with E-state index >= 15 is 0 Å². The molecule has 1 amide bonds. The van der Waals surface area contributed by atoms with Gasteiger partial charge in [0.15, 0.2) is 12.9 Å². The number of pyridine rings is 1. The number of hydrogen-bond donors (Lipinski definition) is 1. The number of benzene rings is 1. The molecule has 1 N–H and O–H groups in total. The summed E-state index contributed by atoms with van der Waals surface area (Å²) in [6.07, 6.45) is 0.562. The molecule has 1 heterocycles. The van der Waals surface area contributed by atoms with Gasteiger partial charge >= 0.3 is 0 Å². The van der Waals surface area contributed by atoms with Gasteiger partial charge in [-0.25, -0.2) is 9.37 Å². The van der Waals surface area contributed by atoms with Gasteiger partial charge in [0.25, 0.3) is 5.91 Å². The first-order valence-electron chi connectivity index (χ1n) is 6.19. The first-order chi connectivity index (χ1) is 10.1. The third kappa shape index (κ3) is 4.10. The Bertz CT molecular complexity index is 674. The molecule has 0 saturated carbocycles. The highest BCUT2D eigenvalue weighted by atomic mass is 19.1. The van der Waals surface area contributed by atoms with Crippen LogP contribution in [-0.4, -0.2) is 23.8 Å². The molecular formula is C15H13FN2O3. The van der Waals surface area contributed by atoms with Crippen molar-refractivity contribution in [2.45, 2.75) is 6.92 Å². The molecule has 0 aliphatic rings. The quantitative estimate of drug-likeness (QED) is 0.858. The Morgan fingerprint density at radius 3 is 2.90 bits per heavy atom. The maximum absolute atomic E-state index is 13.0. The summed E-state index contributed by atoms with van der Waals surface area (Å²) in [6, 6.07) is 8.77. The Kier molecular flexibility index (Phi) is 4.61. The molecule has 0 spiro atoms. The van der Waals surface area contributed by atoms with Crippen molar-refractivity contribution in [2.75, 3.05) is 11.9 Å². The number of carbonyl (C=O) groups is 2. The Morgan fingerprint density at radius 1 is 1.38 bits per heavy atom. The fourth-order valence-corrected chi connectivity index (χ4v) is 1.68. The van der Waals surface area contributed by atoms with E-state index in [0.717, 1.165) is 0 Å². The summed E-state index contributed by atoms with van der Waals surface area (Å²) < 4.78 is 18.2. The number of aromatic nitrogens is 1. The average Bonchev–Trinajstić information content (AvgIpc) is 2.45. The van der Waals surface area contributed by atoms with E-state index in [2.05, 4.69) is 10.3 Å². The molecule has 0 atom stereocenters. The Hall–Kier alpha value is -2.76. The SMILES string of the molecule is Cc1ccc(OCC(=O)Nc2cccc(F)c2)c(C=O)n1. The Morgan fingerprint density at radius 2 is 2.19 bits per heavy atom. The van der Waals surface area contributed by atoms with Crippen LogP contribution in [0.15, 0.2) is 36.4 Å². The average molecular weight is 288 g/mol. The first kappa shape index (κ1) is 14.6. The summed E-state index contributed by atoms with van der Waals surface area (Å²) in [5.41, 5.74) is 1.14. The predicted molar refractivity (Wildman–Crippen MR) is 74.9 cm³/mol. The lowest BCUT2D eigenvalue weighted by molar-refractivity contribution is -0.118.